The molecule has 1 amide bonds. The number of amides is 1. The Morgan fingerprint density at radius 3 is 2.43 bits per heavy atom. The summed E-state index contributed by atoms with van der Waals surface area (Å²) in [5, 5.41) is 3.17. The predicted molar refractivity (Wildman–Crippen MR) is 117 cm³/mol. The van der Waals surface area contributed by atoms with Crippen LogP contribution in [0.2, 0.25) is 5.15 Å². The number of aryl methyl sites for hydroxylation is 1. The minimum absolute atomic E-state index is 0.0312. The molecule has 7 heteroatoms. The van der Waals surface area contributed by atoms with E-state index in [1.807, 2.05) is 25.1 Å². The van der Waals surface area contributed by atoms with E-state index in [1.54, 1.807) is 18.3 Å². The Hall–Kier alpha value is -2.60. The van der Waals surface area contributed by atoms with Crippen molar-refractivity contribution in [2.24, 2.45) is 5.41 Å². The van der Waals surface area contributed by atoms with E-state index in [1.165, 1.54) is 7.11 Å². The Bertz CT molecular complexity index is 876. The maximum absolute atomic E-state index is 12.3. The van der Waals surface area contributed by atoms with Crippen LogP contribution in [0.1, 0.15) is 61.2 Å². The fourth-order valence-corrected chi connectivity index (χ4v) is 2.98. The molecule has 0 aliphatic carbocycles. The largest absolute Gasteiger partial charge is 0.484 e. The molecule has 162 valence electrons. The van der Waals surface area contributed by atoms with E-state index < -0.39 is 0 Å². The molecule has 2 aromatic rings. The highest BCUT2D eigenvalue weighted by Gasteiger charge is 2.23. The average molecular weight is 433 g/mol. The lowest BCUT2D eigenvalue weighted by atomic mass is 9.86. The molecule has 0 fully saturated rings. The minimum atomic E-state index is -0.361. The zero-order valence-electron chi connectivity index (χ0n) is 18.1. The van der Waals surface area contributed by atoms with E-state index in [9.17, 15) is 9.59 Å². The molecule has 30 heavy (non-hydrogen) atoms. The molecular weight excluding hydrogens is 404 g/mol. The lowest BCUT2D eigenvalue weighted by Crippen LogP contribution is -2.26. The summed E-state index contributed by atoms with van der Waals surface area (Å²) >= 11 is 6.02. The highest BCUT2D eigenvalue weighted by atomic mass is 35.5. The van der Waals surface area contributed by atoms with Crippen molar-refractivity contribution in [3.8, 4) is 5.75 Å². The summed E-state index contributed by atoms with van der Waals surface area (Å²) in [6.07, 6.45) is 2.33. The van der Waals surface area contributed by atoms with Gasteiger partial charge in [0.2, 0.25) is 0 Å². The van der Waals surface area contributed by atoms with Crippen molar-refractivity contribution in [3.05, 3.63) is 58.4 Å². The molecule has 2 rings (SSSR count). The van der Waals surface area contributed by atoms with Crippen LogP contribution in [0.15, 0.2) is 36.5 Å². The third kappa shape index (κ3) is 7.34. The molecule has 0 bridgehead atoms. The van der Waals surface area contributed by atoms with Crippen molar-refractivity contribution >= 4 is 23.5 Å². The molecule has 1 heterocycles. The van der Waals surface area contributed by atoms with Gasteiger partial charge in [-0.25, -0.2) is 4.98 Å². The lowest BCUT2D eigenvalue weighted by Gasteiger charge is -2.27. The zero-order chi connectivity index (χ0) is 22.3. The Morgan fingerprint density at radius 2 is 1.87 bits per heavy atom. The molecule has 1 aromatic heterocycles. The first-order chi connectivity index (χ1) is 14.1. The van der Waals surface area contributed by atoms with Crippen LogP contribution >= 0.6 is 11.6 Å². The van der Waals surface area contributed by atoms with Crippen molar-refractivity contribution in [1.29, 1.82) is 0 Å². The van der Waals surface area contributed by atoms with E-state index in [0.29, 0.717) is 16.5 Å². The maximum Gasteiger partial charge on any atom is 0.307 e. The molecule has 1 unspecified atom stereocenters. The van der Waals surface area contributed by atoms with Gasteiger partial charge in [-0.1, -0.05) is 44.5 Å². The third-order valence-electron chi connectivity index (χ3n) is 4.45. The number of nitrogens with one attached hydrogen (secondary N) is 1. The highest BCUT2D eigenvalue weighted by Crippen LogP contribution is 2.34. The second-order valence-corrected chi connectivity index (χ2v) is 8.71. The van der Waals surface area contributed by atoms with Crippen LogP contribution in [0, 0.1) is 12.3 Å². The second kappa shape index (κ2) is 10.4. The smallest absolute Gasteiger partial charge is 0.307 e. The van der Waals surface area contributed by atoms with Crippen molar-refractivity contribution in [1.82, 2.24) is 10.3 Å². The van der Waals surface area contributed by atoms with Crippen LogP contribution in [0.3, 0.4) is 0 Å². The fraction of sp³-hybridized carbons (Fsp3) is 0.435. The summed E-state index contributed by atoms with van der Waals surface area (Å²) in [5.74, 6) is 0.0480. The molecule has 0 radical (unpaired) electrons. The number of esters is 1. The van der Waals surface area contributed by atoms with Gasteiger partial charge < -0.3 is 14.8 Å². The normalized spacial score (nSPS) is 12.2. The van der Waals surface area contributed by atoms with Gasteiger partial charge in [0.05, 0.1) is 19.7 Å². The molecule has 1 atom stereocenters. The van der Waals surface area contributed by atoms with E-state index in [0.717, 1.165) is 17.5 Å². The minimum Gasteiger partial charge on any atom is -0.484 e. The zero-order valence-corrected chi connectivity index (χ0v) is 18.9. The highest BCUT2D eigenvalue weighted by molar-refractivity contribution is 6.30. The molecular formula is C23H29ClN2O4. The van der Waals surface area contributed by atoms with Gasteiger partial charge in [-0.05, 0) is 48.1 Å². The second-order valence-electron chi connectivity index (χ2n) is 8.35. The summed E-state index contributed by atoms with van der Waals surface area (Å²) < 4.78 is 10.8. The Balaban J connectivity index is 2.13. The number of carbonyl (C=O) groups excluding carboxylic acids is 2. The van der Waals surface area contributed by atoms with Gasteiger partial charge in [-0.3, -0.25) is 9.59 Å². The van der Waals surface area contributed by atoms with Crippen LogP contribution in [-0.4, -0.2) is 30.5 Å². The summed E-state index contributed by atoms with van der Waals surface area (Å²) in [7, 11) is 1.32. The lowest BCUT2D eigenvalue weighted by molar-refractivity contribution is -0.140. The quantitative estimate of drug-likeness (QED) is 0.474. The van der Waals surface area contributed by atoms with Gasteiger partial charge in [-0.15, -0.1) is 0 Å². The molecule has 0 spiro atoms. The van der Waals surface area contributed by atoms with Gasteiger partial charge in [-0.2, -0.15) is 0 Å². The first-order valence-corrected chi connectivity index (χ1v) is 10.2. The number of rotatable bonds is 8. The number of hydrogen-bond acceptors (Lipinski definition) is 5. The molecule has 1 N–H and O–H groups in total. The number of ether oxygens (including phenoxy) is 2. The van der Waals surface area contributed by atoms with Crippen molar-refractivity contribution in [3.63, 3.8) is 0 Å². The van der Waals surface area contributed by atoms with E-state index >= 15 is 0 Å². The average Bonchev–Trinajstić information content (AvgIpc) is 2.69. The van der Waals surface area contributed by atoms with E-state index in [4.69, 9.17) is 16.3 Å². The van der Waals surface area contributed by atoms with Crippen LogP contribution in [0.25, 0.3) is 0 Å². The SMILES string of the molecule is COC(=O)CCNC(=O)c1ccc(C(CC(C)(C)C)Oc2cnc(Cl)c(C)c2)cc1. The van der Waals surface area contributed by atoms with Crippen LogP contribution in [-0.2, 0) is 9.53 Å². The number of carbonyl (C=O) groups is 2. The number of halogens is 1. The van der Waals surface area contributed by atoms with Crippen LogP contribution in [0.5, 0.6) is 5.75 Å². The van der Waals surface area contributed by atoms with Crippen molar-refractivity contribution < 1.29 is 19.1 Å². The van der Waals surface area contributed by atoms with Crippen LogP contribution < -0.4 is 10.1 Å². The van der Waals surface area contributed by atoms with Gasteiger partial charge >= 0.3 is 5.97 Å². The summed E-state index contributed by atoms with van der Waals surface area (Å²) in [4.78, 5) is 27.6. The number of aromatic nitrogens is 1. The Kier molecular flexibility index (Phi) is 8.24. The molecule has 0 saturated heterocycles. The standard InChI is InChI=1S/C23H29ClN2O4/c1-15-12-18(14-26-21(15)24)30-19(13-23(2,3)4)16-6-8-17(9-7-16)22(28)25-11-10-20(27)29-5/h6-9,12,14,19H,10-11,13H2,1-5H3,(H,25,28). The van der Waals surface area contributed by atoms with Gasteiger partial charge in [0.15, 0.2) is 0 Å². The number of methoxy groups -OCH3 is 1. The monoisotopic (exact) mass is 432 g/mol. The van der Waals surface area contributed by atoms with Crippen molar-refractivity contribution in [2.45, 2.75) is 46.6 Å². The summed E-state index contributed by atoms with van der Waals surface area (Å²) in [6.45, 7) is 8.56. The fourth-order valence-electron chi connectivity index (χ4n) is 2.88. The summed E-state index contributed by atoms with van der Waals surface area (Å²) in [5.41, 5.74) is 2.36. The number of hydrogen-bond donors (Lipinski definition) is 1. The van der Waals surface area contributed by atoms with E-state index in [-0.39, 0.29) is 36.4 Å². The predicted octanol–water partition coefficient (Wildman–Crippen LogP) is 4.89. The number of pyridine rings is 1. The topological polar surface area (TPSA) is 77.5 Å². The first kappa shape index (κ1) is 23.7. The van der Waals surface area contributed by atoms with Gasteiger partial charge in [0.25, 0.3) is 5.91 Å². The van der Waals surface area contributed by atoms with Crippen molar-refractivity contribution in [2.75, 3.05) is 13.7 Å². The summed E-state index contributed by atoms with van der Waals surface area (Å²) in [6, 6.07) is 9.16. The van der Waals surface area contributed by atoms with Gasteiger partial charge in [0, 0.05) is 12.1 Å². The molecule has 6 nitrogen and oxygen atoms in total. The molecule has 0 saturated carbocycles. The molecule has 0 aliphatic heterocycles. The third-order valence-corrected chi connectivity index (χ3v) is 4.85. The Labute approximate surface area is 182 Å². The number of benzene rings is 1. The first-order valence-electron chi connectivity index (χ1n) is 9.83. The molecule has 0 aliphatic rings. The maximum atomic E-state index is 12.3. The van der Waals surface area contributed by atoms with Crippen LogP contribution in [0.4, 0.5) is 0 Å². The molecule has 1 aromatic carbocycles. The number of nitrogens with zero attached hydrogens (tertiary/aromatic N) is 1. The van der Waals surface area contributed by atoms with E-state index in [2.05, 4.69) is 35.8 Å². The van der Waals surface area contributed by atoms with Gasteiger partial charge in [0.1, 0.15) is 17.0 Å². The Morgan fingerprint density at radius 1 is 1.20 bits per heavy atom.